The van der Waals surface area contributed by atoms with Crippen molar-refractivity contribution in [3.63, 3.8) is 0 Å². The number of aryl methyl sites for hydroxylation is 3. The van der Waals surface area contributed by atoms with Gasteiger partial charge in [-0.05, 0) is 11.9 Å². The lowest BCUT2D eigenvalue weighted by Crippen LogP contribution is -2.27. The van der Waals surface area contributed by atoms with Gasteiger partial charge in [-0.3, -0.25) is 0 Å². The fourth-order valence-corrected chi connectivity index (χ4v) is 3.45. The number of thiazole rings is 1. The number of aromatic nitrogens is 2. The van der Waals surface area contributed by atoms with Crippen LogP contribution in [0.5, 0.6) is 0 Å². The first kappa shape index (κ1) is 11.4. The number of hydrogen-bond acceptors (Lipinski definition) is 2. The Bertz CT molecular complexity index is 714. The third-order valence-electron chi connectivity index (χ3n) is 3.07. The predicted molar refractivity (Wildman–Crippen MR) is 74.9 cm³/mol. The first-order chi connectivity index (χ1) is 8.66. The molecule has 2 heterocycles. The van der Waals surface area contributed by atoms with Crippen molar-refractivity contribution in [3.05, 3.63) is 52.8 Å². The van der Waals surface area contributed by atoms with E-state index < -0.39 is 0 Å². The zero-order valence-electron chi connectivity index (χ0n) is 10.8. The minimum atomic E-state index is 1.07. The van der Waals surface area contributed by atoms with E-state index in [4.69, 9.17) is 4.98 Å². The van der Waals surface area contributed by atoms with Crippen molar-refractivity contribution >= 4 is 17.0 Å². The Morgan fingerprint density at radius 3 is 2.50 bits per heavy atom. The zero-order chi connectivity index (χ0) is 12.7. The lowest BCUT2D eigenvalue weighted by Gasteiger charge is -1.95. The molecule has 0 fully saturated rings. The predicted octanol–water partition coefficient (Wildman–Crippen LogP) is 3.47. The van der Waals surface area contributed by atoms with Crippen LogP contribution in [0.3, 0.4) is 0 Å². The third kappa shape index (κ3) is 1.71. The van der Waals surface area contributed by atoms with Crippen molar-refractivity contribution in [2.24, 2.45) is 0 Å². The molecule has 0 saturated heterocycles. The van der Waals surface area contributed by atoms with Crippen molar-refractivity contribution in [2.45, 2.75) is 20.8 Å². The fourth-order valence-electron chi connectivity index (χ4n) is 2.35. The first-order valence-electron chi connectivity index (χ1n) is 6.01. The Labute approximate surface area is 111 Å². The van der Waals surface area contributed by atoms with Crippen LogP contribution >= 0.6 is 11.3 Å². The van der Waals surface area contributed by atoms with Crippen LogP contribution in [-0.2, 0) is 0 Å². The largest absolute Gasteiger partial charge is 0.346 e. The molecule has 0 radical (unpaired) electrons. The molecular formula is C15H15N2S+. The maximum absolute atomic E-state index is 4.71. The highest BCUT2D eigenvalue weighted by atomic mass is 32.1. The van der Waals surface area contributed by atoms with E-state index in [1.165, 1.54) is 21.1 Å². The van der Waals surface area contributed by atoms with Gasteiger partial charge in [0, 0.05) is 25.5 Å². The second-order valence-corrected chi connectivity index (χ2v) is 5.72. The minimum absolute atomic E-state index is 1.07. The van der Waals surface area contributed by atoms with E-state index in [9.17, 15) is 0 Å². The quantitative estimate of drug-likeness (QED) is 0.608. The van der Waals surface area contributed by atoms with Crippen LogP contribution in [0.4, 0.5) is 0 Å². The van der Waals surface area contributed by atoms with Gasteiger partial charge in [-0.25, -0.2) is 0 Å². The van der Waals surface area contributed by atoms with Crippen molar-refractivity contribution in [1.82, 2.24) is 4.98 Å². The number of benzene rings is 1. The van der Waals surface area contributed by atoms with E-state index in [2.05, 4.69) is 55.5 Å². The summed E-state index contributed by atoms with van der Waals surface area (Å²) < 4.78 is 2.24. The molecule has 0 bridgehead atoms. The van der Waals surface area contributed by atoms with Gasteiger partial charge in [0.1, 0.15) is 10.6 Å². The SMILES string of the molecule is Cc1cc(C)[n+]2c(C)sc(-c3ccccc3)c2n1. The highest BCUT2D eigenvalue weighted by molar-refractivity contribution is 7.15. The smallest absolute Gasteiger partial charge is 0.187 e. The molecule has 0 spiro atoms. The fraction of sp³-hybridized carbons (Fsp3) is 0.200. The van der Waals surface area contributed by atoms with Crippen LogP contribution in [-0.4, -0.2) is 4.98 Å². The minimum Gasteiger partial charge on any atom is -0.187 e. The molecule has 3 heteroatoms. The van der Waals surface area contributed by atoms with Gasteiger partial charge in [-0.2, -0.15) is 4.40 Å². The normalized spacial score (nSPS) is 11.1. The van der Waals surface area contributed by atoms with Crippen molar-refractivity contribution in [3.8, 4) is 10.4 Å². The van der Waals surface area contributed by atoms with E-state index in [-0.39, 0.29) is 0 Å². The molecule has 3 rings (SSSR count). The summed E-state index contributed by atoms with van der Waals surface area (Å²) in [6.45, 7) is 6.33. The molecule has 90 valence electrons. The Kier molecular flexibility index (Phi) is 2.63. The van der Waals surface area contributed by atoms with Gasteiger partial charge in [0.05, 0.1) is 0 Å². The molecule has 0 amide bonds. The summed E-state index contributed by atoms with van der Waals surface area (Å²) in [4.78, 5) is 5.96. The van der Waals surface area contributed by atoms with Crippen LogP contribution in [0.2, 0.25) is 0 Å². The van der Waals surface area contributed by atoms with Gasteiger partial charge < -0.3 is 0 Å². The van der Waals surface area contributed by atoms with Crippen LogP contribution in [0, 0.1) is 20.8 Å². The van der Waals surface area contributed by atoms with Crippen LogP contribution in [0.25, 0.3) is 16.1 Å². The lowest BCUT2D eigenvalue weighted by atomic mass is 10.2. The Balaban J connectivity index is 2.38. The van der Waals surface area contributed by atoms with Crippen LogP contribution in [0.1, 0.15) is 16.4 Å². The molecule has 0 atom stereocenters. The van der Waals surface area contributed by atoms with Gasteiger partial charge >= 0.3 is 5.65 Å². The Hall–Kier alpha value is -1.74. The summed E-state index contributed by atoms with van der Waals surface area (Å²) in [5.41, 5.74) is 4.63. The highest BCUT2D eigenvalue weighted by Crippen LogP contribution is 2.29. The number of fused-ring (bicyclic) bond motifs is 1. The molecule has 0 unspecified atom stereocenters. The van der Waals surface area contributed by atoms with E-state index in [1.54, 1.807) is 11.3 Å². The van der Waals surface area contributed by atoms with Crippen molar-refractivity contribution < 1.29 is 4.40 Å². The first-order valence-corrected chi connectivity index (χ1v) is 6.83. The highest BCUT2D eigenvalue weighted by Gasteiger charge is 2.21. The molecular weight excluding hydrogens is 240 g/mol. The van der Waals surface area contributed by atoms with Gasteiger partial charge in [0.25, 0.3) is 0 Å². The van der Waals surface area contributed by atoms with Gasteiger partial charge in [0.2, 0.25) is 0 Å². The molecule has 0 saturated carbocycles. The summed E-state index contributed by atoms with van der Waals surface area (Å²) in [6.07, 6.45) is 0. The molecule has 3 aromatic rings. The summed E-state index contributed by atoms with van der Waals surface area (Å²) in [6, 6.07) is 12.6. The summed E-state index contributed by atoms with van der Waals surface area (Å²) in [5.74, 6) is 0. The molecule has 2 nitrogen and oxygen atoms in total. The van der Waals surface area contributed by atoms with E-state index >= 15 is 0 Å². The van der Waals surface area contributed by atoms with Gasteiger partial charge in [0.15, 0.2) is 10.7 Å². The number of rotatable bonds is 1. The third-order valence-corrected chi connectivity index (χ3v) is 4.17. The summed E-state index contributed by atoms with van der Waals surface area (Å²) in [5, 5.41) is 1.27. The Morgan fingerprint density at radius 2 is 1.78 bits per heavy atom. The van der Waals surface area contributed by atoms with Crippen LogP contribution in [0.15, 0.2) is 36.4 Å². The molecule has 0 N–H and O–H groups in total. The van der Waals surface area contributed by atoms with Crippen molar-refractivity contribution in [2.75, 3.05) is 0 Å². The zero-order valence-corrected chi connectivity index (χ0v) is 11.6. The number of hydrogen-bond donors (Lipinski definition) is 0. The standard InChI is InChI=1S/C15H15N2S/c1-10-9-11(2)17-12(3)18-14(15(17)16-10)13-7-5-4-6-8-13/h4-9H,1-3H3/q+1. The maximum atomic E-state index is 4.71. The summed E-state index contributed by atoms with van der Waals surface area (Å²) >= 11 is 1.80. The molecule has 0 aliphatic heterocycles. The molecule has 0 aliphatic carbocycles. The van der Waals surface area contributed by atoms with E-state index in [0.717, 1.165) is 11.3 Å². The topological polar surface area (TPSA) is 17.0 Å². The lowest BCUT2D eigenvalue weighted by molar-refractivity contribution is -0.523. The monoisotopic (exact) mass is 255 g/mol. The molecule has 0 aliphatic rings. The van der Waals surface area contributed by atoms with E-state index in [0.29, 0.717) is 0 Å². The van der Waals surface area contributed by atoms with Crippen LogP contribution < -0.4 is 4.40 Å². The van der Waals surface area contributed by atoms with Crippen molar-refractivity contribution in [1.29, 1.82) is 0 Å². The second-order valence-electron chi connectivity index (χ2n) is 4.51. The molecule has 18 heavy (non-hydrogen) atoms. The van der Waals surface area contributed by atoms with Gasteiger partial charge in [-0.1, -0.05) is 41.7 Å². The summed E-state index contributed by atoms with van der Waals surface area (Å²) in [7, 11) is 0. The molecule has 2 aromatic heterocycles. The van der Waals surface area contributed by atoms with Gasteiger partial charge in [-0.15, -0.1) is 0 Å². The Morgan fingerprint density at radius 1 is 1.06 bits per heavy atom. The number of nitrogens with zero attached hydrogens (tertiary/aromatic N) is 2. The maximum Gasteiger partial charge on any atom is 0.346 e. The average Bonchev–Trinajstić information content (AvgIpc) is 2.67. The van der Waals surface area contributed by atoms with E-state index in [1.807, 2.05) is 6.07 Å². The average molecular weight is 255 g/mol. The molecule has 1 aromatic carbocycles. The second kappa shape index (κ2) is 4.18.